The van der Waals surface area contributed by atoms with Crippen molar-refractivity contribution < 1.29 is 27.3 Å². The molecule has 40 heavy (non-hydrogen) atoms. The lowest BCUT2D eigenvalue weighted by Gasteiger charge is -2.44. The van der Waals surface area contributed by atoms with Crippen LogP contribution in [0.1, 0.15) is 5.56 Å². The van der Waals surface area contributed by atoms with Gasteiger partial charge in [0.25, 0.3) is 5.91 Å². The van der Waals surface area contributed by atoms with Crippen LogP contribution >= 0.6 is 49.0 Å². The van der Waals surface area contributed by atoms with Crippen LogP contribution in [0.4, 0.5) is 19.0 Å². The van der Waals surface area contributed by atoms with Crippen molar-refractivity contribution in [1.29, 1.82) is 0 Å². The minimum absolute atomic E-state index is 0. The van der Waals surface area contributed by atoms with Gasteiger partial charge in [-0.15, -0.1) is 54.0 Å². The summed E-state index contributed by atoms with van der Waals surface area (Å²) in [6.07, 6.45) is 3.64. The van der Waals surface area contributed by atoms with Gasteiger partial charge in [0.1, 0.15) is 29.8 Å². The topological polar surface area (TPSA) is 48.9 Å². The number of carbonyl (C=O) groups excluding carboxylic acids is 1. The maximum Gasteiger partial charge on any atom is 0.417 e. The minimum atomic E-state index is -4.51. The van der Waals surface area contributed by atoms with E-state index in [1.54, 1.807) is 23.9 Å². The molecule has 1 atom stereocenters. The van der Waals surface area contributed by atoms with E-state index in [9.17, 15) is 18.0 Å². The molecule has 0 radical (unpaired) electrons. The molecule has 4 aliphatic heterocycles. The van der Waals surface area contributed by atoms with Gasteiger partial charge in [0.15, 0.2) is 5.70 Å². The predicted molar refractivity (Wildman–Crippen MR) is 158 cm³/mol. The van der Waals surface area contributed by atoms with Crippen LogP contribution in [0.15, 0.2) is 60.0 Å². The molecule has 2 aromatic rings. The molecule has 0 bridgehead atoms. The second-order valence-corrected chi connectivity index (χ2v) is 10.6. The summed E-state index contributed by atoms with van der Waals surface area (Å²) in [6, 6.07) is 5.75. The number of carbonyl (C=O) groups is 1. The van der Waals surface area contributed by atoms with E-state index in [4.69, 9.17) is 4.74 Å². The van der Waals surface area contributed by atoms with Crippen molar-refractivity contribution in [1.82, 2.24) is 14.9 Å². The Kier molecular flexibility index (Phi) is 10.0. The molecule has 1 aromatic heterocycles. The number of ether oxygens (including phenoxy) is 1. The highest BCUT2D eigenvalue weighted by Crippen LogP contribution is 2.41. The second-order valence-electron chi connectivity index (χ2n) is 9.52. The van der Waals surface area contributed by atoms with Crippen LogP contribution in [0.2, 0.25) is 0 Å². The van der Waals surface area contributed by atoms with Crippen molar-refractivity contribution in [3.8, 4) is 5.75 Å². The van der Waals surface area contributed by atoms with Crippen molar-refractivity contribution in [2.75, 3.05) is 62.9 Å². The van der Waals surface area contributed by atoms with Gasteiger partial charge in [-0.3, -0.25) is 4.79 Å². The summed E-state index contributed by atoms with van der Waals surface area (Å²) in [7, 11) is 1.43. The summed E-state index contributed by atoms with van der Waals surface area (Å²) in [5.41, 5.74) is 1.35. The lowest BCUT2D eigenvalue weighted by atomic mass is 10.1. The molecule has 0 N–H and O–H groups in total. The fourth-order valence-corrected chi connectivity index (χ4v) is 6.55. The van der Waals surface area contributed by atoms with Crippen LogP contribution in [-0.2, 0) is 11.0 Å². The number of methoxy groups -OCH3 is 1. The smallest absolute Gasteiger partial charge is 0.417 e. The fraction of sp³-hybridized carbons (Fsp3) is 0.385. The summed E-state index contributed by atoms with van der Waals surface area (Å²) in [5, 5.41) is 2.31. The van der Waals surface area contributed by atoms with Gasteiger partial charge in [0.2, 0.25) is 0 Å². The van der Waals surface area contributed by atoms with E-state index in [1.807, 2.05) is 28.0 Å². The molecule has 2 fully saturated rings. The highest BCUT2D eigenvalue weighted by molar-refractivity contribution is 7.99. The number of thioether (sulfide) groups is 1. The van der Waals surface area contributed by atoms with Gasteiger partial charge in [-0.2, -0.15) is 17.8 Å². The molecule has 2 saturated heterocycles. The Balaban J connectivity index is 0.00000147. The Labute approximate surface area is 253 Å². The molecular formula is C26H30Cl3F3N5O2S+. The summed E-state index contributed by atoms with van der Waals surface area (Å²) in [6.45, 7) is 3.59. The van der Waals surface area contributed by atoms with Crippen LogP contribution in [0.5, 0.6) is 5.75 Å². The maximum atomic E-state index is 14.0. The molecule has 6 rings (SSSR count). The zero-order valence-corrected chi connectivity index (χ0v) is 24.9. The van der Waals surface area contributed by atoms with Crippen molar-refractivity contribution in [3.63, 3.8) is 0 Å². The third-order valence-electron chi connectivity index (χ3n) is 7.49. The lowest BCUT2D eigenvalue weighted by molar-refractivity contribution is -0.948. The molecular weight excluding hydrogens is 610 g/mol. The number of hydrogen-bond donors (Lipinski definition) is 0. The number of anilines is 1. The number of aromatic nitrogens is 1. The largest absolute Gasteiger partial charge is 0.494 e. The third kappa shape index (κ3) is 5.52. The van der Waals surface area contributed by atoms with Gasteiger partial charge in [-0.05, 0) is 18.2 Å². The van der Waals surface area contributed by atoms with Crippen molar-refractivity contribution in [2.45, 2.75) is 6.18 Å². The number of rotatable bonds is 4. The van der Waals surface area contributed by atoms with E-state index in [-0.39, 0.29) is 54.0 Å². The lowest BCUT2D eigenvalue weighted by Crippen LogP contribution is -2.60. The first-order chi connectivity index (χ1) is 17.8. The van der Waals surface area contributed by atoms with Gasteiger partial charge in [-0.1, -0.05) is 12.1 Å². The predicted octanol–water partition coefficient (Wildman–Crippen LogP) is 5.27. The van der Waals surface area contributed by atoms with Crippen molar-refractivity contribution in [3.05, 3.63) is 65.5 Å². The number of benzene rings is 1. The second kappa shape index (κ2) is 12.4. The highest BCUT2D eigenvalue weighted by atomic mass is 35.5. The number of amides is 1. The average molecular weight is 640 g/mol. The number of piperazine rings is 1. The van der Waals surface area contributed by atoms with Crippen LogP contribution in [0.25, 0.3) is 10.9 Å². The summed E-state index contributed by atoms with van der Waals surface area (Å²) < 4.78 is 47.7. The molecule has 0 spiro atoms. The number of hydrogen-bond acceptors (Lipinski definition) is 6. The number of quaternary nitrogens is 1. The van der Waals surface area contributed by atoms with E-state index in [0.717, 1.165) is 35.5 Å². The molecule has 7 nitrogen and oxygen atoms in total. The number of alkyl halides is 3. The molecule has 4 aliphatic rings. The minimum Gasteiger partial charge on any atom is -0.494 e. The maximum absolute atomic E-state index is 14.0. The molecule has 0 aliphatic carbocycles. The SMILES string of the molecule is COc1cccc2c(C(F)(F)F)cc(N3CCN([N@@+]45C=CC=C4C=C(C(=O)N4CCSC4)C5)CC3)nc12.Cl.Cl.Cl. The number of fused-ring (bicyclic) bond motifs is 2. The number of para-hydroxylation sites is 1. The van der Waals surface area contributed by atoms with Gasteiger partial charge in [0, 0.05) is 42.9 Å². The zero-order chi connectivity index (χ0) is 25.8. The first-order valence-corrected chi connectivity index (χ1v) is 13.4. The zero-order valence-electron chi connectivity index (χ0n) is 21.6. The molecule has 14 heteroatoms. The molecule has 0 saturated carbocycles. The van der Waals surface area contributed by atoms with E-state index in [2.05, 4.69) is 16.2 Å². The first kappa shape index (κ1) is 32.4. The van der Waals surface area contributed by atoms with Crippen LogP contribution in [-0.4, -0.2) is 83.4 Å². The van der Waals surface area contributed by atoms with E-state index < -0.39 is 11.7 Å². The van der Waals surface area contributed by atoms with Gasteiger partial charge in [-0.25, -0.2) is 4.98 Å². The van der Waals surface area contributed by atoms with Gasteiger partial charge in [0.05, 0.1) is 37.2 Å². The summed E-state index contributed by atoms with van der Waals surface area (Å²) >= 11 is 1.77. The number of pyridine rings is 1. The molecule has 5 heterocycles. The fourth-order valence-electron chi connectivity index (χ4n) is 5.60. The van der Waals surface area contributed by atoms with Crippen molar-refractivity contribution >= 4 is 71.6 Å². The third-order valence-corrected chi connectivity index (χ3v) is 8.46. The molecule has 0 unspecified atom stereocenters. The standard InChI is InChI=1S/C26H27F3N5O2S.3ClH/c1-36-22-6-2-5-20-21(26(27,28)29)15-23(30-24(20)22)31-7-9-33(10-8-31)34-12-3-4-19(34)14-18(16-34)25(35)32-11-13-37-17-32;;;/h2-6,12,14-15H,7-11,13,16-17H2,1H3;3*1H/q+1;;;/t34-;;;/m1.../s1. The molecule has 1 amide bonds. The number of allylic oxidation sites excluding steroid dienone is 3. The van der Waals surface area contributed by atoms with E-state index in [0.29, 0.717) is 48.9 Å². The quantitative estimate of drug-likeness (QED) is 0.426. The summed E-state index contributed by atoms with van der Waals surface area (Å²) in [4.78, 5) is 21.5. The molecule has 1 aromatic carbocycles. The van der Waals surface area contributed by atoms with Crippen molar-refractivity contribution in [2.24, 2.45) is 0 Å². The van der Waals surface area contributed by atoms with Crippen LogP contribution < -0.4 is 9.64 Å². The summed E-state index contributed by atoms with van der Waals surface area (Å²) in [5.74, 6) is 2.40. The average Bonchev–Trinajstić information content (AvgIpc) is 3.64. The Bertz CT molecular complexity index is 1360. The van der Waals surface area contributed by atoms with Crippen LogP contribution in [0, 0.1) is 0 Å². The number of halogens is 6. The van der Waals surface area contributed by atoms with Crippen LogP contribution in [0.3, 0.4) is 0 Å². The Morgan fingerprint density at radius 2 is 1.85 bits per heavy atom. The first-order valence-electron chi connectivity index (χ1n) is 12.2. The Hall–Kier alpha value is -2.15. The highest BCUT2D eigenvalue weighted by Gasteiger charge is 2.48. The Morgan fingerprint density at radius 3 is 2.50 bits per heavy atom. The van der Waals surface area contributed by atoms with Gasteiger partial charge < -0.3 is 14.5 Å². The van der Waals surface area contributed by atoms with E-state index in [1.165, 1.54) is 13.2 Å². The Morgan fingerprint density at radius 1 is 1.10 bits per heavy atom. The normalized spacial score (nSPS) is 22.2. The van der Waals surface area contributed by atoms with Gasteiger partial charge >= 0.3 is 6.18 Å². The number of nitrogens with zero attached hydrogens (tertiary/aromatic N) is 5. The van der Waals surface area contributed by atoms with E-state index >= 15 is 0 Å². The monoisotopic (exact) mass is 638 g/mol. The molecule has 218 valence electrons.